The van der Waals surface area contributed by atoms with Crippen LogP contribution in [0.3, 0.4) is 0 Å². The molecule has 0 unspecified atom stereocenters. The number of ether oxygens (including phenoxy) is 3. The van der Waals surface area contributed by atoms with Crippen molar-refractivity contribution in [2.24, 2.45) is 0 Å². The lowest BCUT2D eigenvalue weighted by molar-refractivity contribution is -0.133. The second-order valence-electron chi connectivity index (χ2n) is 7.12. The van der Waals surface area contributed by atoms with Gasteiger partial charge in [-0.1, -0.05) is 39.0 Å². The van der Waals surface area contributed by atoms with E-state index in [1.54, 1.807) is 18.2 Å². The number of amides is 2. The fraction of sp³-hybridized carbons (Fsp3) is 0.333. The minimum atomic E-state index is -0.807. The lowest BCUT2D eigenvalue weighted by atomic mass is 9.86. The fourth-order valence-electron chi connectivity index (χ4n) is 2.77. The van der Waals surface area contributed by atoms with Crippen LogP contribution in [0.4, 0.5) is 11.4 Å². The van der Waals surface area contributed by atoms with Gasteiger partial charge in [-0.15, -0.1) is 0 Å². The number of para-hydroxylation sites is 1. The first-order chi connectivity index (χ1) is 13.2. The first kappa shape index (κ1) is 21.1. The Morgan fingerprint density at radius 3 is 1.86 bits per heavy atom. The smallest absolute Gasteiger partial charge is 0.314 e. The molecule has 0 bridgehead atoms. The van der Waals surface area contributed by atoms with Crippen LogP contribution < -0.4 is 24.8 Å². The molecule has 2 N–H and O–H groups in total. The van der Waals surface area contributed by atoms with Crippen molar-refractivity contribution in [2.75, 3.05) is 32.0 Å². The van der Waals surface area contributed by atoms with Crippen molar-refractivity contribution in [3.63, 3.8) is 0 Å². The second kappa shape index (κ2) is 8.65. The van der Waals surface area contributed by atoms with Crippen LogP contribution in [0.5, 0.6) is 17.2 Å². The molecule has 0 spiro atoms. The van der Waals surface area contributed by atoms with Crippen LogP contribution in [0.1, 0.15) is 26.3 Å². The van der Waals surface area contributed by atoms with Crippen LogP contribution >= 0.6 is 0 Å². The molecule has 28 heavy (non-hydrogen) atoms. The molecule has 2 rings (SSSR count). The Morgan fingerprint density at radius 1 is 0.821 bits per heavy atom. The quantitative estimate of drug-likeness (QED) is 0.767. The SMILES string of the molecule is COc1cc(NC(=O)C(=O)Nc2ccccc2C(C)(C)C)cc(OC)c1OC. The van der Waals surface area contributed by atoms with Crippen molar-refractivity contribution < 1.29 is 23.8 Å². The predicted molar refractivity (Wildman–Crippen MR) is 108 cm³/mol. The first-order valence-corrected chi connectivity index (χ1v) is 8.73. The molecule has 0 radical (unpaired) electrons. The van der Waals surface area contributed by atoms with Crippen molar-refractivity contribution >= 4 is 23.2 Å². The minimum absolute atomic E-state index is 0.183. The summed E-state index contributed by atoms with van der Waals surface area (Å²) in [7, 11) is 4.43. The molecule has 0 fully saturated rings. The van der Waals surface area contributed by atoms with Crippen molar-refractivity contribution in [2.45, 2.75) is 26.2 Å². The Hall–Kier alpha value is -3.22. The minimum Gasteiger partial charge on any atom is -0.493 e. The van der Waals surface area contributed by atoms with E-state index in [1.807, 2.05) is 39.0 Å². The van der Waals surface area contributed by atoms with Crippen LogP contribution in [0.2, 0.25) is 0 Å². The van der Waals surface area contributed by atoms with Crippen LogP contribution in [0, 0.1) is 0 Å². The van der Waals surface area contributed by atoms with Gasteiger partial charge in [-0.25, -0.2) is 0 Å². The number of hydrogen-bond donors (Lipinski definition) is 2. The Morgan fingerprint density at radius 2 is 1.36 bits per heavy atom. The molecule has 0 saturated carbocycles. The maximum atomic E-state index is 12.4. The molecule has 150 valence electrons. The lowest BCUT2D eigenvalue weighted by Gasteiger charge is -2.22. The number of carbonyl (C=O) groups is 2. The highest BCUT2D eigenvalue weighted by Gasteiger charge is 2.22. The van der Waals surface area contributed by atoms with E-state index in [0.29, 0.717) is 28.6 Å². The van der Waals surface area contributed by atoms with Gasteiger partial charge in [0.05, 0.1) is 21.3 Å². The van der Waals surface area contributed by atoms with Gasteiger partial charge in [-0.2, -0.15) is 0 Å². The number of hydrogen-bond acceptors (Lipinski definition) is 5. The second-order valence-corrected chi connectivity index (χ2v) is 7.12. The van der Waals surface area contributed by atoms with E-state index in [4.69, 9.17) is 14.2 Å². The zero-order valence-corrected chi connectivity index (χ0v) is 17.0. The topological polar surface area (TPSA) is 85.9 Å². The average molecular weight is 386 g/mol. The van der Waals surface area contributed by atoms with Crippen LogP contribution in [0.15, 0.2) is 36.4 Å². The van der Waals surface area contributed by atoms with Crippen LogP contribution in [-0.2, 0) is 15.0 Å². The summed E-state index contributed by atoms with van der Waals surface area (Å²) in [5.74, 6) is -0.443. The van der Waals surface area contributed by atoms with E-state index in [2.05, 4.69) is 10.6 Å². The van der Waals surface area contributed by atoms with Crippen molar-refractivity contribution in [3.8, 4) is 17.2 Å². The standard InChI is InChI=1S/C21H26N2O5/c1-21(2,3)14-9-7-8-10-15(14)23-20(25)19(24)22-13-11-16(26-4)18(28-6)17(12-13)27-5/h7-12H,1-6H3,(H,22,24)(H,23,25). The molecule has 7 nitrogen and oxygen atoms in total. The van der Waals surface area contributed by atoms with Crippen molar-refractivity contribution in [3.05, 3.63) is 42.0 Å². The molecule has 0 aliphatic heterocycles. The molecule has 0 heterocycles. The highest BCUT2D eigenvalue weighted by atomic mass is 16.5. The van der Waals surface area contributed by atoms with Gasteiger partial charge in [0.25, 0.3) is 0 Å². The summed E-state index contributed by atoms with van der Waals surface area (Å²) < 4.78 is 15.8. The summed E-state index contributed by atoms with van der Waals surface area (Å²) >= 11 is 0. The molecule has 0 aliphatic carbocycles. The summed E-state index contributed by atoms with van der Waals surface area (Å²) in [5, 5.41) is 5.23. The van der Waals surface area contributed by atoms with Gasteiger partial charge < -0.3 is 24.8 Å². The Kier molecular flexibility index (Phi) is 6.51. The molecule has 0 aliphatic rings. The van der Waals surface area contributed by atoms with Gasteiger partial charge in [-0.05, 0) is 17.0 Å². The van der Waals surface area contributed by atoms with E-state index in [-0.39, 0.29) is 5.41 Å². The summed E-state index contributed by atoms with van der Waals surface area (Å²) in [4.78, 5) is 24.8. The number of anilines is 2. The molecule has 0 atom stereocenters. The van der Waals surface area contributed by atoms with Gasteiger partial charge in [-0.3, -0.25) is 9.59 Å². The maximum absolute atomic E-state index is 12.4. The number of methoxy groups -OCH3 is 3. The first-order valence-electron chi connectivity index (χ1n) is 8.73. The lowest BCUT2D eigenvalue weighted by Crippen LogP contribution is -2.30. The van der Waals surface area contributed by atoms with Gasteiger partial charge in [0.1, 0.15) is 0 Å². The van der Waals surface area contributed by atoms with E-state index < -0.39 is 11.8 Å². The van der Waals surface area contributed by atoms with E-state index in [0.717, 1.165) is 5.56 Å². The van der Waals surface area contributed by atoms with E-state index >= 15 is 0 Å². The fourth-order valence-corrected chi connectivity index (χ4v) is 2.77. The monoisotopic (exact) mass is 386 g/mol. The average Bonchev–Trinajstić information content (AvgIpc) is 2.66. The molecule has 2 amide bonds. The molecular formula is C21H26N2O5. The normalized spacial score (nSPS) is 10.8. The highest BCUT2D eigenvalue weighted by Crippen LogP contribution is 2.40. The van der Waals surface area contributed by atoms with Gasteiger partial charge in [0.15, 0.2) is 11.5 Å². The third kappa shape index (κ3) is 4.73. The summed E-state index contributed by atoms with van der Waals surface area (Å²) in [6.07, 6.45) is 0. The molecular weight excluding hydrogens is 360 g/mol. The largest absolute Gasteiger partial charge is 0.493 e. The zero-order chi connectivity index (χ0) is 20.9. The molecule has 2 aromatic rings. The summed E-state index contributed by atoms with van der Waals surface area (Å²) in [6.45, 7) is 6.11. The van der Waals surface area contributed by atoms with Gasteiger partial charge in [0.2, 0.25) is 5.75 Å². The van der Waals surface area contributed by atoms with Crippen molar-refractivity contribution in [1.29, 1.82) is 0 Å². The number of nitrogens with one attached hydrogen (secondary N) is 2. The molecule has 7 heteroatoms. The Labute approximate surface area is 165 Å². The van der Waals surface area contributed by atoms with Crippen LogP contribution in [-0.4, -0.2) is 33.1 Å². The number of rotatable bonds is 5. The molecule has 0 aromatic heterocycles. The third-order valence-corrected chi connectivity index (χ3v) is 4.11. The van der Waals surface area contributed by atoms with Crippen molar-refractivity contribution in [1.82, 2.24) is 0 Å². The molecule has 0 saturated heterocycles. The Bertz CT molecular complexity index is 846. The summed E-state index contributed by atoms with van der Waals surface area (Å²) in [6, 6.07) is 10.5. The Balaban J connectivity index is 2.21. The van der Waals surface area contributed by atoms with Gasteiger partial charge >= 0.3 is 11.8 Å². The molecule has 2 aromatic carbocycles. The number of benzene rings is 2. The van der Waals surface area contributed by atoms with E-state index in [9.17, 15) is 9.59 Å². The zero-order valence-electron chi connectivity index (χ0n) is 17.0. The maximum Gasteiger partial charge on any atom is 0.314 e. The van der Waals surface area contributed by atoms with Crippen LogP contribution in [0.25, 0.3) is 0 Å². The van der Waals surface area contributed by atoms with E-state index in [1.165, 1.54) is 21.3 Å². The predicted octanol–water partition coefficient (Wildman–Crippen LogP) is 3.59. The third-order valence-electron chi connectivity index (χ3n) is 4.11. The van der Waals surface area contributed by atoms with Gasteiger partial charge in [0, 0.05) is 23.5 Å². The highest BCUT2D eigenvalue weighted by molar-refractivity contribution is 6.43. The summed E-state index contributed by atoms with van der Waals surface area (Å²) in [5.41, 5.74) is 1.69. The number of carbonyl (C=O) groups excluding carboxylic acids is 2.